The summed E-state index contributed by atoms with van der Waals surface area (Å²) in [6.45, 7) is 4.01. The molecule has 0 unspecified atom stereocenters. The first-order chi connectivity index (χ1) is 15.2. The molecule has 3 heterocycles. The first-order valence-electron chi connectivity index (χ1n) is 9.81. The first-order valence-corrected chi connectivity index (χ1v) is 11.4. The molecule has 6 nitrogen and oxygen atoms in total. The van der Waals surface area contributed by atoms with Crippen LogP contribution in [0.2, 0.25) is 0 Å². The minimum atomic E-state index is -0.705. The largest absolute Gasteiger partial charge is 0.505 e. The molecule has 1 aliphatic rings. The zero-order chi connectivity index (χ0) is 22.8. The molecule has 2 aromatic heterocycles. The lowest BCUT2D eigenvalue weighted by Crippen LogP contribution is -2.24. The molecule has 0 bridgehead atoms. The van der Waals surface area contributed by atoms with Crippen LogP contribution in [0.1, 0.15) is 25.1 Å². The van der Waals surface area contributed by atoms with Gasteiger partial charge in [0.25, 0.3) is 5.56 Å². The quantitative estimate of drug-likeness (QED) is 0.406. The average Bonchev–Trinajstić information content (AvgIpc) is 2.98. The molecule has 1 N–H and O–H groups in total. The molecule has 0 saturated heterocycles. The number of ether oxygens (including phenoxy) is 1. The number of methoxy groups -OCH3 is 1. The molecule has 162 valence electrons. The molecule has 8 heteroatoms. The third-order valence-electron chi connectivity index (χ3n) is 5.79. The number of hydrogen-bond donors (Lipinski definition) is 1. The second-order valence-corrected chi connectivity index (χ2v) is 10.0. The van der Waals surface area contributed by atoms with Crippen molar-refractivity contribution in [2.24, 2.45) is 0 Å². The summed E-state index contributed by atoms with van der Waals surface area (Å²) in [6.07, 6.45) is 0. The molecule has 5 rings (SSSR count). The Balaban J connectivity index is 1.77. The van der Waals surface area contributed by atoms with Crippen LogP contribution in [0.15, 0.2) is 76.8 Å². The molecule has 0 amide bonds. The van der Waals surface area contributed by atoms with E-state index in [1.54, 1.807) is 42.0 Å². The standard InChI is InChI=1S/C24H18BrNO5S/c1-24(2)15-9-12(25)7-8-16(15)26-18(24)11-17-19(22(26)28)20(27)21(23(29)31-17)32-14-6-4-5-13(10-14)30-3/h4-11,27H,1-3H3. The summed E-state index contributed by atoms with van der Waals surface area (Å²) in [4.78, 5) is 27.0. The monoisotopic (exact) mass is 511 g/mol. The maximum Gasteiger partial charge on any atom is 0.354 e. The Morgan fingerprint density at radius 1 is 1.12 bits per heavy atom. The van der Waals surface area contributed by atoms with E-state index >= 15 is 0 Å². The number of aromatic hydroxyl groups is 1. The number of rotatable bonds is 3. The highest BCUT2D eigenvalue weighted by Crippen LogP contribution is 2.44. The maximum absolute atomic E-state index is 13.6. The SMILES string of the molecule is COc1cccc(Sc2c(O)c3c(=O)n4c(cc3oc2=O)C(C)(C)c2cc(Br)ccc2-4)c1. The van der Waals surface area contributed by atoms with E-state index in [9.17, 15) is 14.7 Å². The number of fused-ring (bicyclic) bond motifs is 4. The van der Waals surface area contributed by atoms with Crippen molar-refractivity contribution in [1.29, 1.82) is 0 Å². The highest BCUT2D eigenvalue weighted by Gasteiger charge is 2.38. The normalized spacial score (nSPS) is 13.8. The van der Waals surface area contributed by atoms with Crippen LogP contribution in [0.25, 0.3) is 16.7 Å². The van der Waals surface area contributed by atoms with Crippen LogP contribution in [0.3, 0.4) is 0 Å². The molecule has 0 atom stereocenters. The predicted octanol–water partition coefficient (Wildman–Crippen LogP) is 5.21. The van der Waals surface area contributed by atoms with Crippen molar-refractivity contribution in [3.8, 4) is 17.2 Å². The Hall–Kier alpha value is -2.97. The summed E-state index contributed by atoms with van der Waals surface area (Å²) in [6, 6.07) is 14.5. The number of halogens is 1. The van der Waals surface area contributed by atoms with Crippen molar-refractivity contribution >= 4 is 38.7 Å². The van der Waals surface area contributed by atoms with E-state index in [1.807, 2.05) is 32.0 Å². The van der Waals surface area contributed by atoms with Crippen molar-refractivity contribution in [3.05, 3.63) is 85.0 Å². The Bertz CT molecular complexity index is 1540. The lowest BCUT2D eigenvalue weighted by molar-refractivity contribution is 0.413. The lowest BCUT2D eigenvalue weighted by Gasteiger charge is -2.20. The summed E-state index contributed by atoms with van der Waals surface area (Å²) < 4.78 is 13.2. The third kappa shape index (κ3) is 3.01. The van der Waals surface area contributed by atoms with Crippen LogP contribution in [-0.4, -0.2) is 16.8 Å². The van der Waals surface area contributed by atoms with Crippen LogP contribution in [0.5, 0.6) is 11.5 Å². The molecule has 1 aliphatic heterocycles. The summed E-state index contributed by atoms with van der Waals surface area (Å²) in [5, 5.41) is 11.0. The van der Waals surface area contributed by atoms with Crippen LogP contribution in [0, 0.1) is 0 Å². The van der Waals surface area contributed by atoms with Crippen molar-refractivity contribution in [1.82, 2.24) is 4.57 Å². The van der Waals surface area contributed by atoms with E-state index in [4.69, 9.17) is 9.15 Å². The molecule has 32 heavy (non-hydrogen) atoms. The van der Waals surface area contributed by atoms with E-state index in [0.29, 0.717) is 16.3 Å². The average molecular weight is 512 g/mol. The molecule has 0 fully saturated rings. The zero-order valence-electron chi connectivity index (χ0n) is 17.4. The van der Waals surface area contributed by atoms with Crippen molar-refractivity contribution in [3.63, 3.8) is 0 Å². The molecule has 0 saturated carbocycles. The number of benzene rings is 2. The fraction of sp³-hybridized carbons (Fsp3) is 0.167. The van der Waals surface area contributed by atoms with Crippen LogP contribution in [-0.2, 0) is 5.41 Å². The molecular weight excluding hydrogens is 494 g/mol. The van der Waals surface area contributed by atoms with Gasteiger partial charge in [-0.25, -0.2) is 4.79 Å². The predicted molar refractivity (Wildman–Crippen MR) is 127 cm³/mol. The van der Waals surface area contributed by atoms with Crippen LogP contribution < -0.4 is 15.9 Å². The van der Waals surface area contributed by atoms with Gasteiger partial charge in [0.2, 0.25) is 0 Å². The third-order valence-corrected chi connectivity index (χ3v) is 7.33. The van der Waals surface area contributed by atoms with Gasteiger partial charge in [0, 0.05) is 26.5 Å². The van der Waals surface area contributed by atoms with Gasteiger partial charge in [0.1, 0.15) is 21.6 Å². The molecule has 0 aliphatic carbocycles. The molecule has 0 spiro atoms. The van der Waals surface area contributed by atoms with E-state index in [2.05, 4.69) is 15.9 Å². The zero-order valence-corrected chi connectivity index (χ0v) is 19.8. The van der Waals surface area contributed by atoms with E-state index in [1.165, 1.54) is 0 Å². The van der Waals surface area contributed by atoms with Gasteiger partial charge in [-0.3, -0.25) is 9.36 Å². The maximum atomic E-state index is 13.6. The van der Waals surface area contributed by atoms with Gasteiger partial charge in [0.15, 0.2) is 5.75 Å². The second-order valence-electron chi connectivity index (χ2n) is 8.04. The van der Waals surface area contributed by atoms with Gasteiger partial charge in [-0.15, -0.1) is 0 Å². The molecule has 4 aromatic rings. The van der Waals surface area contributed by atoms with Gasteiger partial charge in [-0.1, -0.05) is 47.6 Å². The lowest BCUT2D eigenvalue weighted by atomic mass is 9.83. The molecule has 2 aromatic carbocycles. The second kappa shape index (κ2) is 7.28. The number of pyridine rings is 1. The Labute approximate surface area is 195 Å². The summed E-state index contributed by atoms with van der Waals surface area (Å²) in [7, 11) is 1.55. The van der Waals surface area contributed by atoms with E-state index < -0.39 is 16.6 Å². The summed E-state index contributed by atoms with van der Waals surface area (Å²) in [5.74, 6) is 0.232. The van der Waals surface area contributed by atoms with Gasteiger partial charge in [-0.2, -0.15) is 0 Å². The summed E-state index contributed by atoms with van der Waals surface area (Å²) in [5.41, 5.74) is 0.843. The highest BCUT2D eigenvalue weighted by atomic mass is 79.9. The molecular formula is C24H18BrNO5S. The van der Waals surface area contributed by atoms with Gasteiger partial charge >= 0.3 is 5.63 Å². The van der Waals surface area contributed by atoms with Crippen LogP contribution in [0.4, 0.5) is 0 Å². The van der Waals surface area contributed by atoms with Crippen molar-refractivity contribution < 1.29 is 14.3 Å². The van der Waals surface area contributed by atoms with Crippen LogP contribution >= 0.6 is 27.7 Å². The summed E-state index contributed by atoms with van der Waals surface area (Å²) >= 11 is 4.52. The van der Waals surface area contributed by atoms with E-state index in [-0.39, 0.29) is 21.6 Å². The first kappa shape index (κ1) is 20.9. The Morgan fingerprint density at radius 3 is 2.66 bits per heavy atom. The van der Waals surface area contributed by atoms with Gasteiger partial charge < -0.3 is 14.3 Å². The fourth-order valence-corrected chi connectivity index (χ4v) is 5.40. The fourth-order valence-electron chi connectivity index (χ4n) is 4.16. The topological polar surface area (TPSA) is 81.7 Å². The Morgan fingerprint density at radius 2 is 1.91 bits per heavy atom. The molecule has 0 radical (unpaired) electrons. The van der Waals surface area contributed by atoms with E-state index in [0.717, 1.165) is 27.5 Å². The van der Waals surface area contributed by atoms with Crippen molar-refractivity contribution in [2.75, 3.05) is 7.11 Å². The minimum absolute atomic E-state index is 0.0229. The van der Waals surface area contributed by atoms with Crippen molar-refractivity contribution in [2.45, 2.75) is 29.1 Å². The Kier molecular flexibility index (Phi) is 4.76. The number of hydrogen-bond acceptors (Lipinski definition) is 6. The number of aromatic nitrogens is 1. The minimum Gasteiger partial charge on any atom is -0.505 e. The smallest absolute Gasteiger partial charge is 0.354 e. The highest BCUT2D eigenvalue weighted by molar-refractivity contribution is 9.10. The van der Waals surface area contributed by atoms with Gasteiger partial charge in [0.05, 0.1) is 12.8 Å². The van der Waals surface area contributed by atoms with Gasteiger partial charge in [-0.05, 0) is 42.0 Å². The number of nitrogens with zero attached hydrogens (tertiary/aromatic N) is 1.